The van der Waals surface area contributed by atoms with E-state index in [0.29, 0.717) is 43.0 Å². The maximum absolute atomic E-state index is 12.5. The zero-order chi connectivity index (χ0) is 18.9. The smallest absolute Gasteiger partial charge is 0.428 e. The monoisotopic (exact) mass is 360 g/mol. The molecule has 7 heteroatoms. The lowest BCUT2D eigenvalue weighted by molar-refractivity contribution is -0.136. The highest BCUT2D eigenvalue weighted by atomic mass is 16.6. The summed E-state index contributed by atoms with van der Waals surface area (Å²) in [5.74, 6) is 0.983. The molecule has 1 aliphatic rings. The molecule has 1 fully saturated rings. The molecule has 1 saturated heterocycles. The fourth-order valence-corrected chi connectivity index (χ4v) is 2.55. The van der Waals surface area contributed by atoms with E-state index in [4.69, 9.17) is 14.2 Å². The molecule has 1 aliphatic heterocycles. The van der Waals surface area contributed by atoms with Gasteiger partial charge < -0.3 is 14.2 Å². The van der Waals surface area contributed by atoms with Crippen LogP contribution in [0.1, 0.15) is 18.4 Å². The van der Waals surface area contributed by atoms with Crippen LogP contribution in [-0.2, 0) is 9.53 Å². The summed E-state index contributed by atoms with van der Waals surface area (Å²) in [5, 5.41) is 2.72. The molecule has 0 aromatic heterocycles. The van der Waals surface area contributed by atoms with Gasteiger partial charge in [0, 0.05) is 24.7 Å². The molecule has 0 N–H and O–H groups in total. The number of carbonyl (C=O) groups is 2. The van der Waals surface area contributed by atoms with Crippen molar-refractivity contribution in [3.8, 4) is 11.5 Å². The summed E-state index contributed by atoms with van der Waals surface area (Å²) >= 11 is 0. The van der Waals surface area contributed by atoms with Gasteiger partial charge in [0.15, 0.2) is 0 Å². The summed E-state index contributed by atoms with van der Waals surface area (Å²) in [6.07, 6.45) is 5.48. The van der Waals surface area contributed by atoms with Gasteiger partial charge >= 0.3 is 6.09 Å². The van der Waals surface area contributed by atoms with Gasteiger partial charge in [0.2, 0.25) is 0 Å². The summed E-state index contributed by atoms with van der Waals surface area (Å²) in [6.45, 7) is 4.75. The Balaban J connectivity index is 2.07. The first kappa shape index (κ1) is 19.4. The lowest BCUT2D eigenvalue weighted by Gasteiger charge is -2.26. The molecule has 7 nitrogen and oxygen atoms in total. The molecule has 0 saturated carbocycles. The number of amides is 2. The second-order valence-electron chi connectivity index (χ2n) is 5.57. The van der Waals surface area contributed by atoms with Gasteiger partial charge in [-0.2, -0.15) is 0 Å². The summed E-state index contributed by atoms with van der Waals surface area (Å²) in [7, 11) is 3.13. The lowest BCUT2D eigenvalue weighted by atomic mass is 10.1. The van der Waals surface area contributed by atoms with Crippen LogP contribution < -0.4 is 9.47 Å². The summed E-state index contributed by atoms with van der Waals surface area (Å²) in [5.41, 5.74) is 0.708. The van der Waals surface area contributed by atoms with E-state index in [1.165, 1.54) is 16.1 Å². The van der Waals surface area contributed by atoms with Crippen molar-refractivity contribution in [1.29, 1.82) is 0 Å². The molecule has 0 aliphatic carbocycles. The third-order valence-electron chi connectivity index (χ3n) is 3.89. The van der Waals surface area contributed by atoms with Crippen LogP contribution >= 0.6 is 0 Å². The number of carbonyl (C=O) groups excluding carboxylic acids is 2. The number of methoxy groups -OCH3 is 2. The van der Waals surface area contributed by atoms with Gasteiger partial charge in [0.1, 0.15) is 11.5 Å². The average Bonchev–Trinajstić information content (AvgIpc) is 3.16. The van der Waals surface area contributed by atoms with Gasteiger partial charge in [-0.1, -0.05) is 6.08 Å². The topological polar surface area (TPSA) is 68.3 Å². The Morgan fingerprint density at radius 1 is 1.19 bits per heavy atom. The number of benzene rings is 1. The average molecular weight is 360 g/mol. The van der Waals surface area contributed by atoms with Crippen molar-refractivity contribution in [1.82, 2.24) is 10.0 Å². The van der Waals surface area contributed by atoms with Crippen LogP contribution in [0.5, 0.6) is 11.5 Å². The Morgan fingerprint density at radius 2 is 1.96 bits per heavy atom. The molecule has 26 heavy (non-hydrogen) atoms. The molecule has 0 radical (unpaired) electrons. The zero-order valence-corrected chi connectivity index (χ0v) is 15.1. The maximum Gasteiger partial charge on any atom is 0.428 e. The minimum Gasteiger partial charge on any atom is -0.497 e. The summed E-state index contributed by atoms with van der Waals surface area (Å²) < 4.78 is 15.6. The zero-order valence-electron chi connectivity index (χ0n) is 15.1. The van der Waals surface area contributed by atoms with Crippen LogP contribution in [0.15, 0.2) is 36.9 Å². The van der Waals surface area contributed by atoms with E-state index >= 15 is 0 Å². The Labute approximate surface area is 153 Å². The van der Waals surface area contributed by atoms with Gasteiger partial charge in [0.05, 0.1) is 20.8 Å². The third kappa shape index (κ3) is 4.78. The summed E-state index contributed by atoms with van der Waals surface area (Å²) in [4.78, 5) is 24.6. The van der Waals surface area contributed by atoms with E-state index in [2.05, 4.69) is 6.58 Å². The van der Waals surface area contributed by atoms with Gasteiger partial charge in [-0.15, -0.1) is 6.58 Å². The van der Waals surface area contributed by atoms with Crippen molar-refractivity contribution in [2.75, 3.05) is 33.9 Å². The minimum atomic E-state index is -0.523. The van der Waals surface area contributed by atoms with Gasteiger partial charge in [-0.05, 0) is 37.1 Å². The Morgan fingerprint density at radius 3 is 2.65 bits per heavy atom. The fourth-order valence-electron chi connectivity index (χ4n) is 2.55. The van der Waals surface area contributed by atoms with E-state index in [-0.39, 0.29) is 12.5 Å². The third-order valence-corrected chi connectivity index (χ3v) is 3.89. The Bertz CT molecular complexity index is 687. The SMILES string of the molecule is C=CCCOC(=O)N1CCCN1C(=O)C=Cc1cc(OC)ccc1OC. The highest BCUT2D eigenvalue weighted by molar-refractivity contribution is 5.93. The predicted molar refractivity (Wildman–Crippen MR) is 97.8 cm³/mol. The van der Waals surface area contributed by atoms with E-state index in [0.717, 1.165) is 0 Å². The van der Waals surface area contributed by atoms with Gasteiger partial charge in [0.25, 0.3) is 5.91 Å². The van der Waals surface area contributed by atoms with Crippen molar-refractivity contribution in [3.63, 3.8) is 0 Å². The van der Waals surface area contributed by atoms with Crippen LogP contribution in [0.25, 0.3) is 6.08 Å². The maximum atomic E-state index is 12.5. The molecule has 1 heterocycles. The molecule has 1 aromatic carbocycles. The van der Waals surface area contributed by atoms with Crippen molar-refractivity contribution in [2.45, 2.75) is 12.8 Å². The van der Waals surface area contributed by atoms with Crippen LogP contribution in [0.2, 0.25) is 0 Å². The second kappa shape index (κ2) is 9.50. The highest BCUT2D eigenvalue weighted by Crippen LogP contribution is 2.25. The van der Waals surface area contributed by atoms with Crippen molar-refractivity contribution < 1.29 is 23.8 Å². The largest absolute Gasteiger partial charge is 0.497 e. The van der Waals surface area contributed by atoms with Crippen molar-refractivity contribution >= 4 is 18.1 Å². The molecular formula is C19H24N2O5. The number of hydrazine groups is 1. The lowest BCUT2D eigenvalue weighted by Crippen LogP contribution is -2.44. The van der Waals surface area contributed by atoms with Crippen molar-refractivity contribution in [2.24, 2.45) is 0 Å². The predicted octanol–water partition coefficient (Wildman–Crippen LogP) is 2.88. The molecule has 0 bridgehead atoms. The van der Waals surface area contributed by atoms with E-state index in [1.54, 1.807) is 44.6 Å². The standard InChI is InChI=1S/C19H24N2O5/c1-4-5-13-26-19(23)21-12-6-11-20(21)18(22)10-7-15-14-16(24-2)8-9-17(15)25-3/h4,7-10,14H,1,5-6,11-13H2,2-3H3. The first-order valence-electron chi connectivity index (χ1n) is 8.37. The van der Waals surface area contributed by atoms with Crippen LogP contribution in [0, 0.1) is 0 Å². The second-order valence-corrected chi connectivity index (χ2v) is 5.57. The molecule has 0 spiro atoms. The number of hydrogen-bond acceptors (Lipinski definition) is 5. The first-order valence-corrected chi connectivity index (χ1v) is 8.37. The van der Waals surface area contributed by atoms with Crippen LogP contribution in [-0.4, -0.2) is 55.9 Å². The summed E-state index contributed by atoms with van der Waals surface area (Å²) in [6, 6.07) is 5.31. The molecule has 2 amide bonds. The molecule has 2 rings (SSSR count). The van der Waals surface area contributed by atoms with Crippen LogP contribution in [0.3, 0.4) is 0 Å². The van der Waals surface area contributed by atoms with Crippen LogP contribution in [0.4, 0.5) is 4.79 Å². The quantitative estimate of drug-likeness (QED) is 0.425. The Kier molecular flexibility index (Phi) is 7.08. The normalized spacial score (nSPS) is 13.8. The fraction of sp³-hybridized carbons (Fsp3) is 0.368. The molecule has 0 unspecified atom stereocenters. The number of ether oxygens (including phenoxy) is 3. The first-order chi connectivity index (χ1) is 12.6. The van der Waals surface area contributed by atoms with E-state index in [1.807, 2.05) is 0 Å². The Hall–Kier alpha value is -2.96. The number of rotatable bonds is 7. The number of hydrogen-bond donors (Lipinski definition) is 0. The number of nitrogens with zero attached hydrogens (tertiary/aromatic N) is 2. The van der Waals surface area contributed by atoms with E-state index in [9.17, 15) is 9.59 Å². The van der Waals surface area contributed by atoms with Crippen molar-refractivity contribution in [3.05, 3.63) is 42.5 Å². The molecule has 0 atom stereocenters. The molecule has 1 aromatic rings. The molecular weight excluding hydrogens is 336 g/mol. The minimum absolute atomic E-state index is 0.248. The van der Waals surface area contributed by atoms with Gasteiger partial charge in [-0.25, -0.2) is 14.8 Å². The highest BCUT2D eigenvalue weighted by Gasteiger charge is 2.30. The van der Waals surface area contributed by atoms with Gasteiger partial charge in [-0.3, -0.25) is 4.79 Å². The molecule has 140 valence electrons. The van der Waals surface area contributed by atoms with E-state index < -0.39 is 6.09 Å².